The van der Waals surface area contributed by atoms with E-state index in [0.29, 0.717) is 0 Å². The van der Waals surface area contributed by atoms with E-state index in [1.807, 2.05) is 12.1 Å². The smallest absolute Gasteiger partial charge is 0.183 e. The van der Waals surface area contributed by atoms with Gasteiger partial charge in [0, 0.05) is 8.04 Å². The van der Waals surface area contributed by atoms with Gasteiger partial charge in [-0.1, -0.05) is 33.6 Å². The Hall–Kier alpha value is -0.330. The fraction of sp³-hybridized carbons (Fsp3) is 0. The molecule has 0 unspecified atom stereocenters. The molecule has 0 amide bonds. The van der Waals surface area contributed by atoms with Gasteiger partial charge in [0.2, 0.25) is 0 Å². The molecule has 0 aliphatic heterocycles. The normalized spacial score (nSPS) is 9.41. The highest BCUT2D eigenvalue weighted by atomic mass is 127. The van der Waals surface area contributed by atoms with E-state index >= 15 is 0 Å². The van der Waals surface area contributed by atoms with Gasteiger partial charge in [-0.15, -0.1) is 0 Å². The molecular weight excluding hydrogens is 421 g/mol. The van der Waals surface area contributed by atoms with E-state index in [9.17, 15) is 4.39 Å². The van der Waals surface area contributed by atoms with Gasteiger partial charge < -0.3 is 5.11 Å². The van der Waals surface area contributed by atoms with Crippen molar-refractivity contribution in [1.82, 2.24) is 0 Å². The van der Waals surface area contributed by atoms with E-state index in [-0.39, 0.29) is 5.02 Å². The summed E-state index contributed by atoms with van der Waals surface area (Å²) in [7, 11) is 0. The van der Waals surface area contributed by atoms with Crippen molar-refractivity contribution < 1.29 is 9.50 Å². The van der Waals surface area contributed by atoms with E-state index in [1.165, 1.54) is 21.8 Å². The Morgan fingerprint density at radius 2 is 1.71 bits per heavy atom. The summed E-state index contributed by atoms with van der Waals surface area (Å²) in [6.45, 7) is 0. The maximum atomic E-state index is 12.3. The maximum absolute atomic E-state index is 12.3. The van der Waals surface area contributed by atoms with E-state index in [1.54, 1.807) is 0 Å². The van der Waals surface area contributed by atoms with Crippen molar-refractivity contribution in [3.63, 3.8) is 0 Å². The van der Waals surface area contributed by atoms with Gasteiger partial charge in [0.15, 0.2) is 11.6 Å². The molecule has 0 heterocycles. The minimum absolute atomic E-state index is 0.0602. The van der Waals surface area contributed by atoms with Gasteiger partial charge in [0.25, 0.3) is 0 Å². The fourth-order valence-corrected chi connectivity index (χ4v) is 1.72. The second-order valence-electron chi connectivity index (χ2n) is 3.01. The van der Waals surface area contributed by atoms with Crippen molar-refractivity contribution in [3.8, 4) is 5.75 Å². The lowest BCUT2D eigenvalue weighted by molar-refractivity contribution is 0.432. The lowest BCUT2D eigenvalue weighted by Crippen LogP contribution is -1.74. The molecule has 0 saturated carbocycles. The van der Waals surface area contributed by atoms with E-state index < -0.39 is 11.6 Å². The van der Waals surface area contributed by atoms with Crippen molar-refractivity contribution in [3.05, 3.63) is 61.3 Å². The third kappa shape index (κ3) is 5.23. The summed E-state index contributed by atoms with van der Waals surface area (Å²) < 4.78 is 14.8. The molecule has 90 valence electrons. The minimum atomic E-state index is -0.765. The largest absolute Gasteiger partial charge is 0.505 e. The zero-order chi connectivity index (χ0) is 12.8. The highest BCUT2D eigenvalue weighted by molar-refractivity contribution is 14.1. The Balaban J connectivity index is 0.000000171. The molecule has 2 aromatic carbocycles. The molecule has 0 radical (unpaired) electrons. The fourth-order valence-electron chi connectivity index (χ4n) is 0.922. The van der Waals surface area contributed by atoms with E-state index in [4.69, 9.17) is 16.7 Å². The number of hydrogen-bond acceptors (Lipinski definition) is 1. The summed E-state index contributed by atoms with van der Waals surface area (Å²) in [6, 6.07) is 12.3. The van der Waals surface area contributed by atoms with Crippen LogP contribution < -0.4 is 0 Å². The quantitative estimate of drug-likeness (QED) is 0.568. The predicted octanol–water partition coefficient (Wildman–Crippen LogP) is 5.24. The van der Waals surface area contributed by atoms with Crippen molar-refractivity contribution in [1.29, 1.82) is 0 Å². The molecule has 5 heteroatoms. The molecule has 2 rings (SSSR count). The third-order valence-corrected chi connectivity index (χ3v) is 3.27. The molecule has 1 nitrogen and oxygen atoms in total. The van der Waals surface area contributed by atoms with E-state index in [2.05, 4.69) is 50.7 Å². The Bertz CT molecular complexity index is 449. The second kappa shape index (κ2) is 7.18. The number of halogens is 4. The molecule has 0 saturated heterocycles. The van der Waals surface area contributed by atoms with Crippen LogP contribution in [0.5, 0.6) is 5.75 Å². The van der Waals surface area contributed by atoms with Gasteiger partial charge in [0.1, 0.15) is 0 Å². The molecule has 0 spiro atoms. The number of rotatable bonds is 0. The van der Waals surface area contributed by atoms with Crippen molar-refractivity contribution in [2.75, 3.05) is 0 Å². The number of hydrogen-bond donors (Lipinski definition) is 1. The SMILES string of the molecule is Brc1ccc(I)cc1.Oc1cccc(Cl)c1F. The monoisotopic (exact) mass is 428 g/mol. The van der Waals surface area contributed by atoms with Crippen molar-refractivity contribution >= 4 is 50.1 Å². The first-order valence-corrected chi connectivity index (χ1v) is 6.79. The zero-order valence-corrected chi connectivity index (χ0v) is 13.0. The van der Waals surface area contributed by atoms with Gasteiger partial charge in [-0.2, -0.15) is 0 Å². The van der Waals surface area contributed by atoms with Gasteiger partial charge in [-0.25, -0.2) is 4.39 Å². The summed E-state index contributed by atoms with van der Waals surface area (Å²) in [5, 5.41) is 8.58. The number of phenolic OH excluding ortho intramolecular Hbond substituents is 1. The summed E-state index contributed by atoms with van der Waals surface area (Å²) in [6.07, 6.45) is 0. The second-order valence-corrected chi connectivity index (χ2v) is 5.58. The van der Waals surface area contributed by atoms with Crippen LogP contribution in [0.4, 0.5) is 4.39 Å². The lowest BCUT2D eigenvalue weighted by atomic mass is 10.3. The maximum Gasteiger partial charge on any atom is 0.183 e. The molecule has 0 aromatic heterocycles. The predicted molar refractivity (Wildman–Crippen MR) is 79.9 cm³/mol. The molecule has 0 bridgehead atoms. The summed E-state index contributed by atoms with van der Waals surface area (Å²) in [5.74, 6) is -1.18. The average molecular weight is 429 g/mol. The lowest BCUT2D eigenvalue weighted by Gasteiger charge is -1.93. The number of phenols is 1. The summed E-state index contributed by atoms with van der Waals surface area (Å²) in [5.41, 5.74) is 0. The first-order valence-electron chi connectivity index (χ1n) is 4.54. The van der Waals surface area contributed by atoms with E-state index in [0.717, 1.165) is 4.47 Å². The van der Waals surface area contributed by atoms with Gasteiger partial charge in [-0.05, 0) is 59.0 Å². The minimum Gasteiger partial charge on any atom is -0.505 e. The van der Waals surface area contributed by atoms with Crippen LogP contribution in [-0.4, -0.2) is 5.11 Å². The molecule has 0 aliphatic rings. The molecule has 17 heavy (non-hydrogen) atoms. The Morgan fingerprint density at radius 1 is 1.12 bits per heavy atom. The zero-order valence-electron chi connectivity index (χ0n) is 8.50. The standard InChI is InChI=1S/C6H4BrI.C6H4ClFO/c7-5-1-3-6(8)4-2-5;7-4-2-1-3-5(9)6(4)8/h1-4H;1-3,9H. The molecule has 0 aliphatic carbocycles. The summed E-state index contributed by atoms with van der Waals surface area (Å²) in [4.78, 5) is 0. The van der Waals surface area contributed by atoms with Crippen LogP contribution in [0, 0.1) is 9.39 Å². The molecule has 2 aromatic rings. The molecular formula is C12H8BrClFIO. The topological polar surface area (TPSA) is 20.2 Å². The molecule has 1 N–H and O–H groups in total. The average Bonchev–Trinajstić information content (AvgIpc) is 2.31. The molecule has 0 fully saturated rings. The number of benzene rings is 2. The molecule has 0 atom stereocenters. The Labute approximate surface area is 126 Å². The first kappa shape index (κ1) is 14.7. The summed E-state index contributed by atoms with van der Waals surface area (Å²) >= 11 is 10.9. The van der Waals surface area contributed by atoms with Crippen LogP contribution in [0.3, 0.4) is 0 Å². The first-order chi connectivity index (χ1) is 8.00. The van der Waals surface area contributed by atoms with Crippen LogP contribution in [0.15, 0.2) is 46.9 Å². The van der Waals surface area contributed by atoms with Gasteiger partial charge in [0.05, 0.1) is 5.02 Å². The van der Waals surface area contributed by atoms with Crippen LogP contribution in [0.25, 0.3) is 0 Å². The Morgan fingerprint density at radius 3 is 2.12 bits per heavy atom. The van der Waals surface area contributed by atoms with Crippen LogP contribution in [0.2, 0.25) is 5.02 Å². The highest BCUT2D eigenvalue weighted by Crippen LogP contribution is 2.21. The number of aromatic hydroxyl groups is 1. The van der Waals surface area contributed by atoms with Crippen LogP contribution >= 0.6 is 50.1 Å². The van der Waals surface area contributed by atoms with Crippen LogP contribution in [-0.2, 0) is 0 Å². The van der Waals surface area contributed by atoms with Gasteiger partial charge in [-0.3, -0.25) is 0 Å². The Kier molecular flexibility index (Phi) is 6.22. The third-order valence-electron chi connectivity index (χ3n) is 1.73. The highest BCUT2D eigenvalue weighted by Gasteiger charge is 2.01. The van der Waals surface area contributed by atoms with Crippen molar-refractivity contribution in [2.24, 2.45) is 0 Å². The van der Waals surface area contributed by atoms with Crippen LogP contribution in [0.1, 0.15) is 0 Å². The van der Waals surface area contributed by atoms with Gasteiger partial charge >= 0.3 is 0 Å². The van der Waals surface area contributed by atoms with Crippen molar-refractivity contribution in [2.45, 2.75) is 0 Å².